The maximum absolute atomic E-state index is 10.6. The standard InChI is InChI=1S/C11H24O.C7H14O.C4H9O.H2O.H2/c1-4-7-10-12-11(8-5-2)9-6-3;1-3-5-7(8)6-4-2;1-2-3-4-5;;/h11H,4-10H2,1-3H3;3-6H2,1-2H3;5H,1-4H2;1H2;1H/q;;+1;;. The van der Waals surface area contributed by atoms with Crippen LogP contribution in [-0.4, -0.2) is 35.7 Å². The minimum atomic E-state index is 0. The molecule has 0 aliphatic carbocycles. The minimum absolute atomic E-state index is 0. The second-order valence-corrected chi connectivity index (χ2v) is 6.39. The van der Waals surface area contributed by atoms with Crippen molar-refractivity contribution >= 4 is 5.78 Å². The maximum Gasteiger partial charge on any atom is 0.132 e. The van der Waals surface area contributed by atoms with Crippen molar-refractivity contribution in [3.8, 4) is 0 Å². The summed E-state index contributed by atoms with van der Waals surface area (Å²) >= 11 is 0. The summed E-state index contributed by atoms with van der Waals surface area (Å²) in [7, 11) is 0. The van der Waals surface area contributed by atoms with Crippen molar-refractivity contribution in [3.63, 3.8) is 0 Å². The molecular weight excluding hydrogens is 328 g/mol. The van der Waals surface area contributed by atoms with Gasteiger partial charge in [-0.3, -0.25) is 4.79 Å². The van der Waals surface area contributed by atoms with E-state index in [9.17, 15) is 4.79 Å². The molecule has 0 aromatic rings. The summed E-state index contributed by atoms with van der Waals surface area (Å²) < 4.78 is 5.76. The molecule has 0 aromatic carbocycles. The Bertz CT molecular complexity index is 222. The van der Waals surface area contributed by atoms with Crippen LogP contribution in [0, 0.1) is 6.92 Å². The zero-order valence-corrected chi connectivity index (χ0v) is 18.4. The molecule has 0 aromatic heterocycles. The van der Waals surface area contributed by atoms with Gasteiger partial charge in [-0.15, -0.1) is 0 Å². The van der Waals surface area contributed by atoms with Crippen molar-refractivity contribution < 1.29 is 21.5 Å². The number of unbranched alkanes of at least 4 members (excludes halogenated alkanes) is 2. The Labute approximate surface area is 165 Å². The van der Waals surface area contributed by atoms with Crippen LogP contribution in [0.1, 0.15) is 113 Å². The summed E-state index contributed by atoms with van der Waals surface area (Å²) in [5.41, 5.74) is 0. The smallest absolute Gasteiger partial charge is 0.132 e. The molecule has 0 atom stereocenters. The number of rotatable bonds is 14. The molecule has 0 radical (unpaired) electrons. The third-order valence-corrected chi connectivity index (χ3v) is 3.54. The average Bonchev–Trinajstić information content (AvgIpc) is 2.58. The highest BCUT2D eigenvalue weighted by Crippen LogP contribution is 2.09. The van der Waals surface area contributed by atoms with Gasteiger partial charge in [0.15, 0.2) is 0 Å². The number of hydrogen-bond donors (Lipinski definition) is 1. The predicted octanol–water partition coefficient (Wildman–Crippen LogP) is 5.94. The molecule has 0 spiro atoms. The lowest BCUT2D eigenvalue weighted by Gasteiger charge is -2.15. The first-order chi connectivity index (χ1) is 12.1. The number of ketones is 1. The summed E-state index contributed by atoms with van der Waals surface area (Å²) in [6, 6.07) is 0. The van der Waals surface area contributed by atoms with Crippen molar-refractivity contribution in [2.45, 2.75) is 118 Å². The van der Waals surface area contributed by atoms with Gasteiger partial charge in [-0.1, -0.05) is 53.9 Å². The fraction of sp³-hybridized carbons (Fsp3) is 0.909. The molecule has 0 aliphatic rings. The summed E-state index contributed by atoms with van der Waals surface area (Å²) in [4.78, 5) is 10.6. The van der Waals surface area contributed by atoms with Crippen LogP contribution in [0.4, 0.5) is 0 Å². The number of aliphatic hydroxyl groups is 1. The molecule has 0 unspecified atom stereocenters. The normalized spacial score (nSPS) is 9.50. The number of ether oxygens (including phenoxy) is 1. The fourth-order valence-corrected chi connectivity index (χ4v) is 2.14. The largest absolute Gasteiger partial charge is 0.412 e. The molecule has 0 fully saturated rings. The summed E-state index contributed by atoms with van der Waals surface area (Å²) in [6.45, 7) is 15.5. The van der Waals surface area contributed by atoms with Crippen LogP contribution in [0.15, 0.2) is 0 Å². The Morgan fingerprint density at radius 2 is 1.42 bits per heavy atom. The molecule has 0 saturated heterocycles. The first kappa shape index (κ1) is 33.0. The van der Waals surface area contributed by atoms with Gasteiger partial charge < -0.3 is 15.3 Å². The second-order valence-electron chi connectivity index (χ2n) is 6.39. The van der Waals surface area contributed by atoms with E-state index in [1.807, 2.05) is 13.8 Å². The van der Waals surface area contributed by atoms with E-state index in [1.54, 1.807) is 0 Å². The van der Waals surface area contributed by atoms with Crippen LogP contribution < -0.4 is 0 Å². The quantitative estimate of drug-likeness (QED) is 0.299. The van der Waals surface area contributed by atoms with Gasteiger partial charge >= 0.3 is 0 Å². The van der Waals surface area contributed by atoms with Gasteiger partial charge in [0.25, 0.3) is 0 Å². The molecule has 0 saturated carbocycles. The third kappa shape index (κ3) is 34.7. The van der Waals surface area contributed by atoms with Crippen molar-refractivity contribution in [2.75, 3.05) is 13.2 Å². The van der Waals surface area contributed by atoms with Crippen LogP contribution in [-0.2, 0) is 9.53 Å². The van der Waals surface area contributed by atoms with Crippen LogP contribution in [0.2, 0.25) is 0 Å². The Balaban J connectivity index is -0.0000000941. The predicted molar refractivity (Wildman–Crippen MR) is 117 cm³/mol. The molecule has 3 N–H and O–H groups in total. The monoisotopic (exact) mass is 379 g/mol. The lowest BCUT2D eigenvalue weighted by Crippen LogP contribution is -2.13. The van der Waals surface area contributed by atoms with Gasteiger partial charge in [0.05, 0.1) is 19.4 Å². The number of hydrogen-bond acceptors (Lipinski definition) is 3. The molecule has 26 heavy (non-hydrogen) atoms. The van der Waals surface area contributed by atoms with Crippen molar-refractivity contribution in [2.24, 2.45) is 0 Å². The molecule has 162 valence electrons. The van der Waals surface area contributed by atoms with E-state index >= 15 is 0 Å². The highest BCUT2D eigenvalue weighted by Gasteiger charge is 2.05. The zero-order chi connectivity index (χ0) is 19.8. The van der Waals surface area contributed by atoms with E-state index in [0.29, 0.717) is 11.9 Å². The first-order valence-corrected chi connectivity index (χ1v) is 10.6. The third-order valence-electron chi connectivity index (χ3n) is 3.54. The van der Waals surface area contributed by atoms with Crippen molar-refractivity contribution in [1.82, 2.24) is 0 Å². The molecule has 0 heterocycles. The topological polar surface area (TPSA) is 78.0 Å². The minimum Gasteiger partial charge on any atom is -0.412 e. The van der Waals surface area contributed by atoms with E-state index in [4.69, 9.17) is 9.84 Å². The highest BCUT2D eigenvalue weighted by molar-refractivity contribution is 5.78. The van der Waals surface area contributed by atoms with Gasteiger partial charge in [-0.25, -0.2) is 0 Å². The molecule has 0 rings (SSSR count). The lowest BCUT2D eigenvalue weighted by atomic mass is 10.1. The number of carbonyl (C=O) groups excluding carboxylic acids is 1. The first-order valence-electron chi connectivity index (χ1n) is 10.6. The molecule has 0 amide bonds. The van der Waals surface area contributed by atoms with Gasteiger partial charge in [-0.2, -0.15) is 0 Å². The SMILES string of the molecule is CCCC(=O)CCC.CCCCOC(CCC)CCC.O.[CH2+]CCCO.[HH]. The van der Waals surface area contributed by atoms with Gasteiger partial charge in [0, 0.05) is 33.9 Å². The van der Waals surface area contributed by atoms with Crippen LogP contribution in [0.3, 0.4) is 0 Å². The fourth-order valence-electron chi connectivity index (χ4n) is 2.14. The maximum atomic E-state index is 10.6. The van der Waals surface area contributed by atoms with Crippen molar-refractivity contribution in [1.29, 1.82) is 0 Å². The molecular formula is C22H51O4+. The van der Waals surface area contributed by atoms with Crippen LogP contribution >= 0.6 is 0 Å². The van der Waals surface area contributed by atoms with E-state index in [1.165, 1.54) is 38.5 Å². The summed E-state index contributed by atoms with van der Waals surface area (Å²) in [6.07, 6.45) is 13.2. The second kappa shape index (κ2) is 32.1. The van der Waals surface area contributed by atoms with E-state index in [2.05, 4.69) is 27.7 Å². The van der Waals surface area contributed by atoms with Crippen molar-refractivity contribution in [3.05, 3.63) is 6.92 Å². The van der Waals surface area contributed by atoms with Gasteiger partial charge in [-0.05, 0) is 32.1 Å². The lowest BCUT2D eigenvalue weighted by molar-refractivity contribution is -0.119. The van der Waals surface area contributed by atoms with Gasteiger partial charge in [0.2, 0.25) is 0 Å². The van der Waals surface area contributed by atoms with Crippen LogP contribution in [0.5, 0.6) is 0 Å². The van der Waals surface area contributed by atoms with E-state index < -0.39 is 0 Å². The summed E-state index contributed by atoms with van der Waals surface area (Å²) in [5, 5.41) is 8.03. The average molecular weight is 380 g/mol. The van der Waals surface area contributed by atoms with E-state index in [-0.39, 0.29) is 13.5 Å². The highest BCUT2D eigenvalue weighted by atomic mass is 16.5. The Morgan fingerprint density at radius 1 is 0.923 bits per heavy atom. The molecule has 4 nitrogen and oxygen atoms in total. The van der Waals surface area contributed by atoms with Crippen LogP contribution in [0.25, 0.3) is 0 Å². The molecule has 4 heteroatoms. The number of Topliss-reactive ketones (excluding diaryl/α,β-unsaturated/α-hetero) is 1. The molecule has 0 bridgehead atoms. The number of aliphatic hydroxyl groups excluding tert-OH is 1. The molecule has 0 aliphatic heterocycles. The Morgan fingerprint density at radius 3 is 1.69 bits per heavy atom. The zero-order valence-electron chi connectivity index (χ0n) is 18.4. The number of carbonyl (C=O) groups is 1. The van der Waals surface area contributed by atoms with Gasteiger partial charge in [0.1, 0.15) is 5.78 Å². The Hall–Kier alpha value is -0.580. The summed E-state index contributed by atoms with van der Waals surface area (Å²) in [5.74, 6) is 0.412. The Kier molecular flexibility index (Phi) is 40.8. The van der Waals surface area contributed by atoms with E-state index in [0.717, 1.165) is 45.1 Å².